The van der Waals surface area contributed by atoms with Crippen molar-refractivity contribution >= 4 is 12.6 Å². The second kappa shape index (κ2) is 4.52. The van der Waals surface area contributed by atoms with Crippen molar-refractivity contribution in [2.24, 2.45) is 0 Å². The third kappa shape index (κ3) is 2.67. The molecule has 1 rings (SSSR count). The molecule has 1 nitrogen and oxygen atoms in total. The van der Waals surface area contributed by atoms with E-state index >= 15 is 0 Å². The quantitative estimate of drug-likeness (QED) is 0.665. The Labute approximate surface area is 81.9 Å². The normalized spacial score (nSPS) is 21.2. The van der Waals surface area contributed by atoms with Crippen molar-refractivity contribution in [1.82, 2.24) is 4.90 Å². The maximum Gasteiger partial charge on any atom is 0.0161 e. The van der Waals surface area contributed by atoms with Gasteiger partial charge in [-0.1, -0.05) is 6.42 Å². The monoisotopic (exact) mass is 187 g/mol. The summed E-state index contributed by atoms with van der Waals surface area (Å²) in [5, 5.41) is 0. The second-order valence-electron chi connectivity index (χ2n) is 4.33. The lowest BCUT2D eigenvalue weighted by atomic mass is 9.96. The van der Waals surface area contributed by atoms with Gasteiger partial charge in [0, 0.05) is 5.54 Å². The Bertz CT molecular complexity index is 128. The van der Waals surface area contributed by atoms with Crippen LogP contribution in [0.15, 0.2) is 0 Å². The van der Waals surface area contributed by atoms with Crippen LogP contribution in [0.3, 0.4) is 0 Å². The van der Waals surface area contributed by atoms with Crippen LogP contribution in [0, 0.1) is 0 Å². The number of likely N-dealkylation sites (tertiary alicyclic amines) is 1. The van der Waals surface area contributed by atoms with Crippen LogP contribution in [0.25, 0.3) is 0 Å². The maximum atomic E-state index is 4.31. The molecule has 0 amide bonds. The average Bonchev–Trinajstić information content (AvgIpc) is 2.06. The summed E-state index contributed by atoms with van der Waals surface area (Å²) in [6.45, 7) is 7.27. The molecule has 0 aliphatic carbocycles. The molecule has 1 aliphatic rings. The molecule has 0 spiro atoms. The van der Waals surface area contributed by atoms with E-state index in [1.807, 2.05) is 0 Å². The Kier molecular flexibility index (Phi) is 3.91. The highest BCUT2D eigenvalue weighted by atomic mass is 32.1. The first-order valence-corrected chi connectivity index (χ1v) is 5.66. The predicted octanol–water partition coefficient (Wildman–Crippen LogP) is 2.57. The largest absolute Gasteiger partial charge is 0.298 e. The van der Waals surface area contributed by atoms with E-state index in [0.717, 1.165) is 5.75 Å². The van der Waals surface area contributed by atoms with Gasteiger partial charge in [0.05, 0.1) is 0 Å². The van der Waals surface area contributed by atoms with Crippen LogP contribution in [0.1, 0.15) is 39.5 Å². The molecule has 72 valence electrons. The van der Waals surface area contributed by atoms with Gasteiger partial charge < -0.3 is 0 Å². The van der Waals surface area contributed by atoms with E-state index in [9.17, 15) is 0 Å². The third-order valence-electron chi connectivity index (χ3n) is 2.94. The highest BCUT2D eigenvalue weighted by Gasteiger charge is 2.26. The lowest BCUT2D eigenvalue weighted by molar-refractivity contribution is 0.0932. The van der Waals surface area contributed by atoms with E-state index in [1.54, 1.807) is 0 Å². The summed E-state index contributed by atoms with van der Waals surface area (Å²) in [4.78, 5) is 2.62. The van der Waals surface area contributed by atoms with Crippen molar-refractivity contribution in [3.8, 4) is 0 Å². The highest BCUT2D eigenvalue weighted by molar-refractivity contribution is 7.80. The van der Waals surface area contributed by atoms with Gasteiger partial charge in [0.2, 0.25) is 0 Å². The van der Waals surface area contributed by atoms with Gasteiger partial charge in [0.15, 0.2) is 0 Å². The van der Waals surface area contributed by atoms with Crippen molar-refractivity contribution in [1.29, 1.82) is 0 Å². The molecule has 1 fully saturated rings. The van der Waals surface area contributed by atoms with Gasteiger partial charge in [-0.2, -0.15) is 12.6 Å². The lowest BCUT2D eigenvalue weighted by Crippen LogP contribution is -2.46. The van der Waals surface area contributed by atoms with Crippen molar-refractivity contribution in [3.05, 3.63) is 0 Å². The molecule has 0 radical (unpaired) electrons. The average molecular weight is 187 g/mol. The van der Waals surface area contributed by atoms with E-state index in [2.05, 4.69) is 31.4 Å². The summed E-state index contributed by atoms with van der Waals surface area (Å²) in [6, 6.07) is 0. The zero-order valence-electron chi connectivity index (χ0n) is 8.34. The van der Waals surface area contributed by atoms with Crippen molar-refractivity contribution in [3.63, 3.8) is 0 Å². The molecule has 1 saturated heterocycles. The second-order valence-corrected chi connectivity index (χ2v) is 4.78. The van der Waals surface area contributed by atoms with Gasteiger partial charge in [0.1, 0.15) is 0 Å². The first-order chi connectivity index (χ1) is 5.67. The van der Waals surface area contributed by atoms with Crippen LogP contribution in [-0.2, 0) is 0 Å². The molecule has 0 unspecified atom stereocenters. The SMILES string of the molecule is CC(C)(CCS)N1CCCCC1. The summed E-state index contributed by atoms with van der Waals surface area (Å²) < 4.78 is 0. The molecule has 0 atom stereocenters. The van der Waals surface area contributed by atoms with E-state index in [1.165, 1.54) is 38.8 Å². The molecule has 12 heavy (non-hydrogen) atoms. The van der Waals surface area contributed by atoms with Crippen molar-refractivity contribution < 1.29 is 0 Å². The van der Waals surface area contributed by atoms with Gasteiger partial charge in [-0.05, 0) is 52.0 Å². The molecular weight excluding hydrogens is 166 g/mol. The molecular formula is C10H21NS. The minimum Gasteiger partial charge on any atom is -0.298 e. The summed E-state index contributed by atoms with van der Waals surface area (Å²) in [6.07, 6.45) is 5.40. The molecule has 0 aromatic heterocycles. The maximum absolute atomic E-state index is 4.31. The number of hydrogen-bond donors (Lipinski definition) is 1. The zero-order chi connectivity index (χ0) is 9.03. The molecule has 0 N–H and O–H groups in total. The van der Waals surface area contributed by atoms with Crippen LogP contribution in [-0.4, -0.2) is 29.3 Å². The summed E-state index contributed by atoms with van der Waals surface area (Å²) >= 11 is 4.31. The van der Waals surface area contributed by atoms with Gasteiger partial charge in [-0.15, -0.1) is 0 Å². The van der Waals surface area contributed by atoms with Gasteiger partial charge in [0.25, 0.3) is 0 Å². The number of hydrogen-bond acceptors (Lipinski definition) is 2. The fourth-order valence-electron chi connectivity index (χ4n) is 1.93. The molecule has 0 aromatic carbocycles. The minimum atomic E-state index is 0.377. The smallest absolute Gasteiger partial charge is 0.0161 e. The van der Waals surface area contributed by atoms with E-state index < -0.39 is 0 Å². The van der Waals surface area contributed by atoms with E-state index in [4.69, 9.17) is 0 Å². The van der Waals surface area contributed by atoms with Crippen molar-refractivity contribution in [2.75, 3.05) is 18.8 Å². The number of rotatable bonds is 3. The molecule has 1 heterocycles. The third-order valence-corrected chi connectivity index (χ3v) is 3.16. The Hall–Kier alpha value is 0.310. The van der Waals surface area contributed by atoms with Crippen LogP contribution in [0.4, 0.5) is 0 Å². The molecule has 2 heteroatoms. The molecule has 0 saturated carbocycles. The topological polar surface area (TPSA) is 3.24 Å². The summed E-state index contributed by atoms with van der Waals surface area (Å²) in [5.74, 6) is 1.00. The van der Waals surface area contributed by atoms with Crippen LogP contribution in [0.2, 0.25) is 0 Å². The lowest BCUT2D eigenvalue weighted by Gasteiger charge is -2.40. The predicted molar refractivity (Wildman–Crippen MR) is 58.0 cm³/mol. The first kappa shape index (κ1) is 10.4. The van der Waals surface area contributed by atoms with Crippen molar-refractivity contribution in [2.45, 2.75) is 45.1 Å². The minimum absolute atomic E-state index is 0.377. The van der Waals surface area contributed by atoms with Crippen LogP contribution in [0.5, 0.6) is 0 Å². The Balaban J connectivity index is 2.41. The molecule has 1 aliphatic heterocycles. The summed E-state index contributed by atoms with van der Waals surface area (Å²) in [7, 11) is 0. The van der Waals surface area contributed by atoms with E-state index in [-0.39, 0.29) is 0 Å². The number of nitrogens with zero attached hydrogens (tertiary/aromatic N) is 1. The molecule has 0 aromatic rings. The standard InChI is InChI=1S/C10H21NS/c1-10(2,6-9-12)11-7-4-3-5-8-11/h12H,3-9H2,1-2H3. The van der Waals surface area contributed by atoms with Crippen LogP contribution >= 0.6 is 12.6 Å². The fourth-order valence-corrected chi connectivity index (χ4v) is 2.48. The zero-order valence-corrected chi connectivity index (χ0v) is 9.24. The summed E-state index contributed by atoms with van der Waals surface area (Å²) in [5.41, 5.74) is 0.377. The highest BCUT2D eigenvalue weighted by Crippen LogP contribution is 2.23. The van der Waals surface area contributed by atoms with Crippen LogP contribution < -0.4 is 0 Å². The Morgan fingerprint density at radius 3 is 2.25 bits per heavy atom. The van der Waals surface area contributed by atoms with Gasteiger partial charge in [-0.3, -0.25) is 4.90 Å². The number of thiol groups is 1. The van der Waals surface area contributed by atoms with Gasteiger partial charge in [-0.25, -0.2) is 0 Å². The Morgan fingerprint density at radius 1 is 1.17 bits per heavy atom. The first-order valence-electron chi connectivity index (χ1n) is 5.03. The number of piperidine rings is 1. The van der Waals surface area contributed by atoms with Gasteiger partial charge >= 0.3 is 0 Å². The Morgan fingerprint density at radius 2 is 1.75 bits per heavy atom. The molecule has 0 bridgehead atoms. The van der Waals surface area contributed by atoms with E-state index in [0.29, 0.717) is 5.54 Å². The fraction of sp³-hybridized carbons (Fsp3) is 1.00.